The molecule has 3 heterocycles. The topological polar surface area (TPSA) is 80.5 Å². The molecule has 0 radical (unpaired) electrons. The molecule has 0 aliphatic carbocycles. The van der Waals surface area contributed by atoms with Crippen molar-refractivity contribution < 1.29 is 9.53 Å². The van der Waals surface area contributed by atoms with Crippen molar-refractivity contribution in [2.24, 2.45) is 0 Å². The third kappa shape index (κ3) is 2.95. The molecule has 6 nitrogen and oxygen atoms in total. The standard InChI is InChI=1S/C15H22N4O2/c1-21-15(20)13-7-10(16)9-17-14(13)18-11-4-6-19-5-2-3-12(19)8-11/h7,9,11-12H,2-6,8,16H2,1H3,(H,17,18). The van der Waals surface area contributed by atoms with Crippen molar-refractivity contribution in [2.75, 3.05) is 31.2 Å². The Bertz CT molecular complexity index is 534. The van der Waals surface area contributed by atoms with Crippen molar-refractivity contribution in [1.82, 2.24) is 9.88 Å². The molecule has 6 heteroatoms. The minimum Gasteiger partial charge on any atom is -0.465 e. The lowest BCUT2D eigenvalue weighted by atomic mass is 9.97. The van der Waals surface area contributed by atoms with Gasteiger partial charge in [0, 0.05) is 18.6 Å². The lowest BCUT2D eigenvalue weighted by Gasteiger charge is -2.35. The number of nitrogens with zero attached hydrogens (tertiary/aromatic N) is 2. The Morgan fingerprint density at radius 3 is 3.14 bits per heavy atom. The van der Waals surface area contributed by atoms with E-state index in [0.29, 0.717) is 29.2 Å². The van der Waals surface area contributed by atoms with Gasteiger partial charge in [-0.25, -0.2) is 9.78 Å². The number of hydrogen-bond donors (Lipinski definition) is 2. The average molecular weight is 290 g/mol. The van der Waals surface area contributed by atoms with E-state index in [1.165, 1.54) is 26.5 Å². The number of esters is 1. The highest BCUT2D eigenvalue weighted by Gasteiger charge is 2.32. The SMILES string of the molecule is COC(=O)c1cc(N)cnc1NC1CCN2CCCC2C1. The van der Waals surface area contributed by atoms with Crippen molar-refractivity contribution in [1.29, 1.82) is 0 Å². The number of pyridine rings is 1. The van der Waals surface area contributed by atoms with E-state index in [1.807, 2.05) is 0 Å². The number of carbonyl (C=O) groups excluding carboxylic acids is 1. The first-order valence-electron chi connectivity index (χ1n) is 7.52. The average Bonchev–Trinajstić information content (AvgIpc) is 2.96. The Morgan fingerprint density at radius 1 is 1.48 bits per heavy atom. The molecule has 0 spiro atoms. The Morgan fingerprint density at radius 2 is 2.33 bits per heavy atom. The first kappa shape index (κ1) is 14.1. The van der Waals surface area contributed by atoms with Gasteiger partial charge in [0.05, 0.1) is 19.0 Å². The first-order valence-corrected chi connectivity index (χ1v) is 7.52. The van der Waals surface area contributed by atoms with Gasteiger partial charge in [-0.2, -0.15) is 0 Å². The quantitative estimate of drug-likeness (QED) is 0.821. The van der Waals surface area contributed by atoms with E-state index < -0.39 is 5.97 Å². The van der Waals surface area contributed by atoms with Crippen LogP contribution in [0.4, 0.5) is 11.5 Å². The van der Waals surface area contributed by atoms with Gasteiger partial charge in [-0.05, 0) is 38.3 Å². The van der Waals surface area contributed by atoms with Crippen LogP contribution in [0.25, 0.3) is 0 Å². The summed E-state index contributed by atoms with van der Waals surface area (Å²) in [5.41, 5.74) is 6.59. The van der Waals surface area contributed by atoms with Crippen LogP contribution in [0.1, 0.15) is 36.0 Å². The highest BCUT2D eigenvalue weighted by Crippen LogP contribution is 2.29. The van der Waals surface area contributed by atoms with Crippen molar-refractivity contribution in [3.05, 3.63) is 17.8 Å². The monoisotopic (exact) mass is 290 g/mol. The van der Waals surface area contributed by atoms with Gasteiger partial charge in [-0.1, -0.05) is 0 Å². The maximum Gasteiger partial charge on any atom is 0.341 e. The van der Waals surface area contributed by atoms with Crippen molar-refractivity contribution >= 4 is 17.5 Å². The number of aromatic nitrogens is 1. The van der Waals surface area contributed by atoms with Crippen LogP contribution < -0.4 is 11.1 Å². The maximum absolute atomic E-state index is 11.8. The lowest BCUT2D eigenvalue weighted by molar-refractivity contribution is 0.0601. The zero-order valence-corrected chi connectivity index (χ0v) is 12.3. The van der Waals surface area contributed by atoms with Crippen LogP contribution in [0, 0.1) is 0 Å². The fourth-order valence-corrected chi connectivity index (χ4v) is 3.41. The highest BCUT2D eigenvalue weighted by molar-refractivity contribution is 5.95. The van der Waals surface area contributed by atoms with E-state index in [0.717, 1.165) is 19.4 Å². The lowest BCUT2D eigenvalue weighted by Crippen LogP contribution is -2.43. The van der Waals surface area contributed by atoms with Crippen molar-refractivity contribution in [3.8, 4) is 0 Å². The van der Waals surface area contributed by atoms with Crippen LogP contribution in [-0.4, -0.2) is 48.1 Å². The van der Waals surface area contributed by atoms with Crippen molar-refractivity contribution in [3.63, 3.8) is 0 Å². The summed E-state index contributed by atoms with van der Waals surface area (Å²) in [5.74, 6) is 0.170. The van der Waals surface area contributed by atoms with Crippen LogP contribution in [0.5, 0.6) is 0 Å². The zero-order chi connectivity index (χ0) is 14.8. The third-order valence-electron chi connectivity index (χ3n) is 4.48. The zero-order valence-electron chi connectivity index (χ0n) is 12.3. The molecule has 114 valence electrons. The molecule has 2 atom stereocenters. The number of methoxy groups -OCH3 is 1. The summed E-state index contributed by atoms with van der Waals surface area (Å²) in [6, 6.07) is 2.64. The molecule has 2 aliphatic rings. The van der Waals surface area contributed by atoms with E-state index in [1.54, 1.807) is 12.3 Å². The van der Waals surface area contributed by atoms with E-state index >= 15 is 0 Å². The summed E-state index contributed by atoms with van der Waals surface area (Å²) in [7, 11) is 1.37. The largest absolute Gasteiger partial charge is 0.465 e. The number of hydrogen-bond acceptors (Lipinski definition) is 6. The van der Waals surface area contributed by atoms with E-state index in [9.17, 15) is 4.79 Å². The number of carbonyl (C=O) groups is 1. The van der Waals surface area contributed by atoms with Gasteiger partial charge in [0.1, 0.15) is 11.4 Å². The summed E-state index contributed by atoms with van der Waals surface area (Å²) in [6.45, 7) is 2.34. The minimum atomic E-state index is -0.407. The number of ether oxygens (including phenoxy) is 1. The third-order valence-corrected chi connectivity index (χ3v) is 4.48. The molecule has 2 aliphatic heterocycles. The predicted molar refractivity (Wildman–Crippen MR) is 81.2 cm³/mol. The summed E-state index contributed by atoms with van der Waals surface area (Å²) in [6.07, 6.45) is 6.32. The molecule has 2 unspecified atom stereocenters. The molecule has 3 rings (SSSR count). The molecular weight excluding hydrogens is 268 g/mol. The summed E-state index contributed by atoms with van der Waals surface area (Å²) in [4.78, 5) is 18.7. The molecular formula is C15H22N4O2. The normalized spacial score (nSPS) is 25.4. The number of fused-ring (bicyclic) bond motifs is 1. The van der Waals surface area contributed by atoms with Gasteiger partial charge in [-0.15, -0.1) is 0 Å². The Hall–Kier alpha value is -1.82. The van der Waals surface area contributed by atoms with E-state index in [-0.39, 0.29) is 0 Å². The molecule has 21 heavy (non-hydrogen) atoms. The maximum atomic E-state index is 11.8. The molecule has 0 aromatic carbocycles. The van der Waals surface area contributed by atoms with Gasteiger partial charge < -0.3 is 20.7 Å². The first-order chi connectivity index (χ1) is 10.2. The molecule has 0 amide bonds. The number of rotatable bonds is 3. The Labute approximate surface area is 124 Å². The number of nitrogens with two attached hydrogens (primary N) is 1. The van der Waals surface area contributed by atoms with E-state index in [4.69, 9.17) is 10.5 Å². The summed E-state index contributed by atoms with van der Waals surface area (Å²) in [5, 5.41) is 3.41. The second-order valence-corrected chi connectivity index (χ2v) is 5.85. The number of nitrogen functional groups attached to an aromatic ring is 1. The fourth-order valence-electron chi connectivity index (χ4n) is 3.41. The van der Waals surface area contributed by atoms with Gasteiger partial charge in [0.2, 0.25) is 0 Å². The second kappa shape index (κ2) is 5.89. The van der Waals surface area contributed by atoms with Crippen molar-refractivity contribution in [2.45, 2.75) is 37.8 Å². The molecule has 2 fully saturated rings. The van der Waals surface area contributed by atoms with Crippen LogP contribution in [-0.2, 0) is 4.74 Å². The van der Waals surface area contributed by atoms with E-state index in [2.05, 4.69) is 15.2 Å². The van der Waals surface area contributed by atoms with Crippen LogP contribution in [0.3, 0.4) is 0 Å². The highest BCUT2D eigenvalue weighted by atomic mass is 16.5. The minimum absolute atomic E-state index is 0.351. The van der Waals surface area contributed by atoms with Gasteiger partial charge in [-0.3, -0.25) is 0 Å². The number of piperidine rings is 1. The number of nitrogens with one attached hydrogen (secondary N) is 1. The second-order valence-electron chi connectivity index (χ2n) is 5.85. The molecule has 1 aromatic heterocycles. The van der Waals surface area contributed by atoms with Crippen LogP contribution >= 0.6 is 0 Å². The molecule has 2 saturated heterocycles. The molecule has 1 aromatic rings. The Balaban J connectivity index is 1.74. The summed E-state index contributed by atoms with van der Waals surface area (Å²) >= 11 is 0. The van der Waals surface area contributed by atoms with Gasteiger partial charge >= 0.3 is 5.97 Å². The summed E-state index contributed by atoms with van der Waals surface area (Å²) < 4.78 is 4.81. The molecule has 0 saturated carbocycles. The smallest absolute Gasteiger partial charge is 0.341 e. The fraction of sp³-hybridized carbons (Fsp3) is 0.600. The predicted octanol–water partition coefficient (Wildman–Crippen LogP) is 1.49. The molecule has 0 bridgehead atoms. The van der Waals surface area contributed by atoms with Crippen LogP contribution in [0.15, 0.2) is 12.3 Å². The van der Waals surface area contributed by atoms with Gasteiger partial charge in [0.25, 0.3) is 0 Å². The number of anilines is 2. The molecule has 3 N–H and O–H groups in total. The van der Waals surface area contributed by atoms with Gasteiger partial charge in [0.15, 0.2) is 0 Å². The Kier molecular flexibility index (Phi) is 3.96. The van der Waals surface area contributed by atoms with Crippen LogP contribution in [0.2, 0.25) is 0 Å².